The van der Waals surface area contributed by atoms with Crippen molar-refractivity contribution in [1.29, 1.82) is 0 Å². The van der Waals surface area contributed by atoms with Gasteiger partial charge in [-0.1, -0.05) is 27.7 Å². The number of nitrogens with one attached hydrogen (secondary N) is 1. The van der Waals surface area contributed by atoms with E-state index in [0.29, 0.717) is 12.1 Å². The molecule has 2 aliphatic rings. The molecule has 3 nitrogen and oxygen atoms in total. The number of hydrogen-bond donors (Lipinski definition) is 1. The summed E-state index contributed by atoms with van der Waals surface area (Å²) in [5, 5.41) is 3.69. The van der Waals surface area contributed by atoms with Crippen molar-refractivity contribution in [3.8, 4) is 0 Å². The fraction of sp³-hybridized carbons (Fsp3) is 1.00. The summed E-state index contributed by atoms with van der Waals surface area (Å²) in [6.45, 7) is 12.5. The summed E-state index contributed by atoms with van der Waals surface area (Å²) in [4.78, 5) is 2.71. The van der Waals surface area contributed by atoms with E-state index in [2.05, 4.69) is 37.9 Å². The zero-order valence-corrected chi connectivity index (χ0v) is 13.2. The Morgan fingerprint density at radius 3 is 2.63 bits per heavy atom. The largest absolute Gasteiger partial charge is 0.375 e. The molecule has 2 unspecified atom stereocenters. The summed E-state index contributed by atoms with van der Waals surface area (Å²) in [5.41, 5.74) is 0.159. The molecule has 2 aliphatic heterocycles. The normalized spacial score (nSPS) is 32.1. The molecular formula is C16H32N2O. The first-order chi connectivity index (χ1) is 9.08. The summed E-state index contributed by atoms with van der Waals surface area (Å²) in [6.07, 6.45) is 6.06. The molecule has 2 fully saturated rings. The van der Waals surface area contributed by atoms with E-state index in [9.17, 15) is 0 Å². The van der Waals surface area contributed by atoms with E-state index in [1.54, 1.807) is 0 Å². The van der Waals surface area contributed by atoms with Gasteiger partial charge in [-0.3, -0.25) is 4.90 Å². The van der Waals surface area contributed by atoms with Gasteiger partial charge in [0, 0.05) is 37.8 Å². The second-order valence-electron chi connectivity index (χ2n) is 6.69. The molecule has 0 bridgehead atoms. The smallest absolute Gasteiger partial charge is 0.0692 e. The molecule has 0 aromatic carbocycles. The molecular weight excluding hydrogens is 236 g/mol. The summed E-state index contributed by atoms with van der Waals surface area (Å²) >= 11 is 0. The van der Waals surface area contributed by atoms with Crippen molar-refractivity contribution in [3.63, 3.8) is 0 Å². The quantitative estimate of drug-likeness (QED) is 0.830. The van der Waals surface area contributed by atoms with Crippen molar-refractivity contribution in [2.75, 3.05) is 19.7 Å². The van der Waals surface area contributed by atoms with Gasteiger partial charge in [-0.25, -0.2) is 0 Å². The van der Waals surface area contributed by atoms with Gasteiger partial charge in [0.05, 0.1) is 5.60 Å². The molecule has 0 saturated carbocycles. The molecule has 0 aromatic rings. The second-order valence-corrected chi connectivity index (χ2v) is 6.69. The molecule has 3 heteroatoms. The van der Waals surface area contributed by atoms with Crippen molar-refractivity contribution in [1.82, 2.24) is 10.2 Å². The summed E-state index contributed by atoms with van der Waals surface area (Å²) in [5.74, 6) is 0. The average Bonchev–Trinajstić information content (AvgIpc) is 2.86. The summed E-state index contributed by atoms with van der Waals surface area (Å²) < 4.78 is 6.10. The molecule has 2 saturated heterocycles. The minimum absolute atomic E-state index is 0.159. The Balaban J connectivity index is 1.88. The first kappa shape index (κ1) is 15.3. The van der Waals surface area contributed by atoms with Gasteiger partial charge in [0.15, 0.2) is 0 Å². The van der Waals surface area contributed by atoms with Crippen LogP contribution in [0.4, 0.5) is 0 Å². The maximum atomic E-state index is 6.10. The van der Waals surface area contributed by atoms with E-state index in [-0.39, 0.29) is 5.60 Å². The Bertz CT molecular complexity index is 276. The first-order valence-corrected chi connectivity index (χ1v) is 8.22. The zero-order chi connectivity index (χ0) is 13.9. The molecule has 0 aliphatic carbocycles. The molecule has 0 aromatic heterocycles. The maximum Gasteiger partial charge on any atom is 0.0692 e. The molecule has 0 spiro atoms. The fourth-order valence-corrected chi connectivity index (χ4v) is 3.78. The Kier molecular flexibility index (Phi) is 5.27. The third-order valence-electron chi connectivity index (χ3n) is 5.06. The van der Waals surface area contributed by atoms with Crippen LogP contribution in [0.2, 0.25) is 0 Å². The first-order valence-electron chi connectivity index (χ1n) is 8.22. The van der Waals surface area contributed by atoms with Crippen LogP contribution < -0.4 is 5.32 Å². The molecule has 2 heterocycles. The Morgan fingerprint density at radius 1 is 1.26 bits per heavy atom. The summed E-state index contributed by atoms with van der Waals surface area (Å²) in [7, 11) is 0. The Hall–Kier alpha value is -0.120. The van der Waals surface area contributed by atoms with E-state index >= 15 is 0 Å². The summed E-state index contributed by atoms with van der Waals surface area (Å²) in [6, 6.07) is 2.04. The van der Waals surface area contributed by atoms with E-state index < -0.39 is 0 Å². The molecule has 0 amide bonds. The van der Waals surface area contributed by atoms with Crippen molar-refractivity contribution in [3.05, 3.63) is 0 Å². The minimum atomic E-state index is 0.159. The van der Waals surface area contributed by atoms with Crippen molar-refractivity contribution < 1.29 is 4.74 Å². The predicted molar refractivity (Wildman–Crippen MR) is 80.5 cm³/mol. The van der Waals surface area contributed by atoms with Crippen molar-refractivity contribution >= 4 is 0 Å². The van der Waals surface area contributed by atoms with Gasteiger partial charge in [-0.15, -0.1) is 0 Å². The second kappa shape index (κ2) is 6.55. The molecule has 0 radical (unpaired) electrons. The Labute approximate surface area is 119 Å². The highest BCUT2D eigenvalue weighted by atomic mass is 16.5. The number of likely N-dealkylation sites (tertiary alicyclic amines) is 1. The lowest BCUT2D eigenvalue weighted by Crippen LogP contribution is -2.48. The third-order valence-corrected chi connectivity index (χ3v) is 5.06. The molecule has 2 rings (SSSR count). The number of nitrogens with zero attached hydrogens (tertiary/aromatic N) is 1. The number of rotatable bonds is 5. The van der Waals surface area contributed by atoms with Crippen LogP contribution in [0.1, 0.15) is 59.8 Å². The number of hydrogen-bond acceptors (Lipinski definition) is 3. The van der Waals surface area contributed by atoms with Crippen LogP contribution in [0.5, 0.6) is 0 Å². The van der Waals surface area contributed by atoms with Crippen LogP contribution in [-0.2, 0) is 4.74 Å². The highest BCUT2D eigenvalue weighted by Crippen LogP contribution is 2.34. The molecule has 1 N–H and O–H groups in total. The van der Waals surface area contributed by atoms with Gasteiger partial charge in [0.25, 0.3) is 0 Å². The van der Waals surface area contributed by atoms with Gasteiger partial charge in [-0.05, 0) is 32.1 Å². The van der Waals surface area contributed by atoms with Crippen LogP contribution in [-0.4, -0.2) is 48.3 Å². The third kappa shape index (κ3) is 3.71. The molecule has 2 atom stereocenters. The average molecular weight is 268 g/mol. The lowest BCUT2D eigenvalue weighted by Gasteiger charge is -2.43. The lowest BCUT2D eigenvalue weighted by atomic mass is 9.85. The van der Waals surface area contributed by atoms with Gasteiger partial charge in [-0.2, -0.15) is 0 Å². The SMILES string of the molecule is CCC1(CC)CC(N2CCC(NC(C)C)C2)CCO1. The highest BCUT2D eigenvalue weighted by Gasteiger charge is 2.38. The van der Waals surface area contributed by atoms with Crippen LogP contribution in [0.15, 0.2) is 0 Å². The van der Waals surface area contributed by atoms with Crippen molar-refractivity contribution in [2.45, 2.75) is 83.5 Å². The van der Waals surface area contributed by atoms with Gasteiger partial charge in [0.1, 0.15) is 0 Å². The van der Waals surface area contributed by atoms with E-state index in [1.165, 1.54) is 32.4 Å². The topological polar surface area (TPSA) is 24.5 Å². The predicted octanol–water partition coefficient (Wildman–Crippen LogP) is 2.80. The van der Waals surface area contributed by atoms with E-state index in [0.717, 1.165) is 25.5 Å². The van der Waals surface area contributed by atoms with Gasteiger partial charge >= 0.3 is 0 Å². The van der Waals surface area contributed by atoms with Crippen LogP contribution in [0.3, 0.4) is 0 Å². The molecule has 19 heavy (non-hydrogen) atoms. The zero-order valence-electron chi connectivity index (χ0n) is 13.2. The minimum Gasteiger partial charge on any atom is -0.375 e. The van der Waals surface area contributed by atoms with Crippen LogP contribution in [0.25, 0.3) is 0 Å². The maximum absolute atomic E-state index is 6.10. The fourth-order valence-electron chi connectivity index (χ4n) is 3.78. The van der Waals surface area contributed by atoms with E-state index in [1.807, 2.05) is 0 Å². The van der Waals surface area contributed by atoms with Crippen molar-refractivity contribution in [2.24, 2.45) is 0 Å². The van der Waals surface area contributed by atoms with Gasteiger partial charge in [0.2, 0.25) is 0 Å². The number of ether oxygens (including phenoxy) is 1. The highest BCUT2D eigenvalue weighted by molar-refractivity contribution is 4.93. The van der Waals surface area contributed by atoms with Crippen LogP contribution >= 0.6 is 0 Å². The van der Waals surface area contributed by atoms with E-state index in [4.69, 9.17) is 4.74 Å². The standard InChI is InChI=1S/C16H32N2O/c1-5-16(6-2)11-15(8-10-19-16)18-9-7-14(12-18)17-13(3)4/h13-15,17H,5-12H2,1-4H3. The lowest BCUT2D eigenvalue weighted by molar-refractivity contribution is -0.108. The van der Waals surface area contributed by atoms with Gasteiger partial charge < -0.3 is 10.1 Å². The van der Waals surface area contributed by atoms with Crippen LogP contribution in [0, 0.1) is 0 Å². The monoisotopic (exact) mass is 268 g/mol. The Morgan fingerprint density at radius 2 is 2.00 bits per heavy atom. The molecule has 112 valence electrons.